The maximum absolute atomic E-state index is 13.0. The van der Waals surface area contributed by atoms with Crippen LogP contribution in [0.5, 0.6) is 0 Å². The molecule has 2 atom stereocenters. The number of nitrogens with zero attached hydrogens (tertiary/aromatic N) is 1. The average molecular weight is 312 g/mol. The van der Waals surface area contributed by atoms with Crippen molar-refractivity contribution >= 4 is 12.0 Å². The SMILES string of the molecule is COC[C@@H]1CCCN1C(=O)C(NC(=O)OC)C1CCCCC1. The van der Waals surface area contributed by atoms with E-state index in [0.29, 0.717) is 6.61 Å². The number of methoxy groups -OCH3 is 2. The van der Waals surface area contributed by atoms with Crippen LogP contribution in [-0.2, 0) is 14.3 Å². The summed E-state index contributed by atoms with van der Waals surface area (Å²) < 4.78 is 9.94. The number of likely N-dealkylation sites (tertiary alicyclic amines) is 1. The van der Waals surface area contributed by atoms with Crippen LogP contribution >= 0.6 is 0 Å². The summed E-state index contributed by atoms with van der Waals surface area (Å²) in [6.45, 7) is 1.31. The Morgan fingerprint density at radius 1 is 1.14 bits per heavy atom. The molecule has 2 amide bonds. The highest BCUT2D eigenvalue weighted by Crippen LogP contribution is 2.29. The maximum atomic E-state index is 13.0. The lowest BCUT2D eigenvalue weighted by molar-refractivity contribution is -0.136. The summed E-state index contributed by atoms with van der Waals surface area (Å²) >= 11 is 0. The van der Waals surface area contributed by atoms with Gasteiger partial charge in [-0.3, -0.25) is 4.79 Å². The fourth-order valence-electron chi connectivity index (χ4n) is 3.70. The van der Waals surface area contributed by atoms with Crippen LogP contribution in [0, 0.1) is 5.92 Å². The van der Waals surface area contributed by atoms with Crippen molar-refractivity contribution < 1.29 is 19.1 Å². The third-order valence-electron chi connectivity index (χ3n) is 4.87. The molecular weight excluding hydrogens is 284 g/mol. The number of alkyl carbamates (subject to hydrolysis) is 1. The highest BCUT2D eigenvalue weighted by molar-refractivity contribution is 5.86. The van der Waals surface area contributed by atoms with Gasteiger partial charge in [0.15, 0.2) is 0 Å². The second-order valence-electron chi connectivity index (χ2n) is 6.29. The molecule has 6 heteroatoms. The number of hydrogen-bond acceptors (Lipinski definition) is 4. The standard InChI is InChI=1S/C16H28N2O4/c1-21-11-13-9-6-10-18(13)15(19)14(17-16(20)22-2)12-7-4-3-5-8-12/h12-14H,3-11H2,1-2H3,(H,17,20)/t13-,14?/m0/s1. The van der Waals surface area contributed by atoms with Gasteiger partial charge < -0.3 is 19.7 Å². The van der Waals surface area contributed by atoms with Crippen LogP contribution in [0.2, 0.25) is 0 Å². The molecule has 1 aliphatic heterocycles. The Labute approximate surface area is 132 Å². The Balaban J connectivity index is 2.08. The van der Waals surface area contributed by atoms with E-state index in [1.807, 2.05) is 4.90 Å². The minimum absolute atomic E-state index is 0.0249. The maximum Gasteiger partial charge on any atom is 0.407 e. The first-order valence-electron chi connectivity index (χ1n) is 8.31. The monoisotopic (exact) mass is 312 g/mol. The molecule has 0 spiro atoms. The number of nitrogens with one attached hydrogen (secondary N) is 1. The normalized spacial score (nSPS) is 24.1. The number of ether oxygens (including phenoxy) is 2. The first-order valence-corrected chi connectivity index (χ1v) is 8.31. The Bertz CT molecular complexity index is 382. The fraction of sp³-hybridized carbons (Fsp3) is 0.875. The first kappa shape index (κ1) is 17.1. The molecule has 1 unspecified atom stereocenters. The van der Waals surface area contributed by atoms with Crippen LogP contribution in [0.25, 0.3) is 0 Å². The minimum atomic E-state index is -0.522. The summed E-state index contributed by atoms with van der Waals surface area (Å²) in [7, 11) is 2.99. The lowest BCUT2D eigenvalue weighted by atomic mass is 9.83. The Morgan fingerprint density at radius 2 is 1.86 bits per heavy atom. The Kier molecular flexibility index (Phi) is 6.49. The molecule has 1 aliphatic carbocycles. The molecule has 2 fully saturated rings. The second-order valence-corrected chi connectivity index (χ2v) is 6.29. The molecule has 1 saturated carbocycles. The van der Waals surface area contributed by atoms with E-state index >= 15 is 0 Å². The Hall–Kier alpha value is -1.30. The highest BCUT2D eigenvalue weighted by atomic mass is 16.5. The van der Waals surface area contributed by atoms with Crippen molar-refractivity contribution in [3.8, 4) is 0 Å². The van der Waals surface area contributed by atoms with E-state index in [-0.39, 0.29) is 17.9 Å². The zero-order valence-electron chi connectivity index (χ0n) is 13.7. The topological polar surface area (TPSA) is 67.9 Å². The van der Waals surface area contributed by atoms with Crippen molar-refractivity contribution in [2.45, 2.75) is 57.0 Å². The van der Waals surface area contributed by atoms with Crippen LogP contribution < -0.4 is 5.32 Å². The van der Waals surface area contributed by atoms with E-state index in [4.69, 9.17) is 9.47 Å². The van der Waals surface area contributed by atoms with E-state index in [2.05, 4.69) is 5.32 Å². The van der Waals surface area contributed by atoms with E-state index in [1.165, 1.54) is 13.5 Å². The van der Waals surface area contributed by atoms with Gasteiger partial charge in [-0.05, 0) is 31.6 Å². The van der Waals surface area contributed by atoms with Gasteiger partial charge in [-0.1, -0.05) is 19.3 Å². The molecule has 1 N–H and O–H groups in total. The number of rotatable bonds is 5. The summed E-state index contributed by atoms with van der Waals surface area (Å²) in [4.78, 5) is 26.5. The third kappa shape index (κ3) is 4.12. The molecule has 2 rings (SSSR count). The molecule has 22 heavy (non-hydrogen) atoms. The van der Waals surface area contributed by atoms with E-state index in [1.54, 1.807) is 7.11 Å². The largest absolute Gasteiger partial charge is 0.453 e. The third-order valence-corrected chi connectivity index (χ3v) is 4.87. The lowest BCUT2D eigenvalue weighted by Gasteiger charge is -2.34. The minimum Gasteiger partial charge on any atom is -0.453 e. The van der Waals surface area contributed by atoms with Crippen LogP contribution in [0.1, 0.15) is 44.9 Å². The van der Waals surface area contributed by atoms with Crippen LogP contribution in [0.3, 0.4) is 0 Å². The van der Waals surface area contributed by atoms with Crippen LogP contribution in [-0.4, -0.2) is 56.4 Å². The van der Waals surface area contributed by atoms with Crippen molar-refractivity contribution in [1.29, 1.82) is 0 Å². The average Bonchev–Trinajstić information content (AvgIpc) is 3.01. The molecule has 6 nitrogen and oxygen atoms in total. The van der Waals surface area contributed by atoms with Gasteiger partial charge in [-0.25, -0.2) is 4.79 Å². The molecule has 0 radical (unpaired) electrons. The molecule has 2 aliphatic rings. The smallest absolute Gasteiger partial charge is 0.407 e. The number of amides is 2. The summed E-state index contributed by atoms with van der Waals surface area (Å²) in [5.41, 5.74) is 0. The van der Waals surface area contributed by atoms with Gasteiger partial charge in [-0.2, -0.15) is 0 Å². The van der Waals surface area contributed by atoms with E-state index in [0.717, 1.165) is 45.1 Å². The number of hydrogen-bond donors (Lipinski definition) is 1. The van der Waals surface area contributed by atoms with Gasteiger partial charge in [-0.15, -0.1) is 0 Å². The zero-order chi connectivity index (χ0) is 15.9. The molecule has 0 bridgehead atoms. The van der Waals surface area contributed by atoms with Crippen molar-refractivity contribution in [2.24, 2.45) is 5.92 Å². The van der Waals surface area contributed by atoms with Gasteiger partial charge in [0.1, 0.15) is 6.04 Å². The van der Waals surface area contributed by atoms with Gasteiger partial charge in [0.2, 0.25) is 5.91 Å². The van der Waals surface area contributed by atoms with Gasteiger partial charge in [0, 0.05) is 13.7 Å². The fourth-order valence-corrected chi connectivity index (χ4v) is 3.70. The Morgan fingerprint density at radius 3 is 2.50 bits per heavy atom. The van der Waals surface area contributed by atoms with Gasteiger partial charge in [0.25, 0.3) is 0 Å². The van der Waals surface area contributed by atoms with Crippen molar-refractivity contribution in [2.75, 3.05) is 27.4 Å². The quantitative estimate of drug-likeness (QED) is 0.842. The van der Waals surface area contributed by atoms with Crippen molar-refractivity contribution in [3.05, 3.63) is 0 Å². The van der Waals surface area contributed by atoms with Crippen molar-refractivity contribution in [3.63, 3.8) is 0 Å². The molecule has 1 saturated heterocycles. The summed E-state index contributed by atoms with van der Waals surface area (Å²) in [6, 6.07) is -0.340. The molecule has 126 valence electrons. The zero-order valence-corrected chi connectivity index (χ0v) is 13.7. The van der Waals surface area contributed by atoms with Crippen LogP contribution in [0.15, 0.2) is 0 Å². The number of carbonyl (C=O) groups excluding carboxylic acids is 2. The molecule has 0 aromatic rings. The molecular formula is C16H28N2O4. The molecule has 0 aromatic carbocycles. The summed E-state index contributed by atoms with van der Waals surface area (Å²) in [5.74, 6) is 0.237. The van der Waals surface area contributed by atoms with Crippen molar-refractivity contribution in [1.82, 2.24) is 10.2 Å². The van der Waals surface area contributed by atoms with Gasteiger partial charge in [0.05, 0.1) is 19.8 Å². The van der Waals surface area contributed by atoms with Crippen LogP contribution in [0.4, 0.5) is 4.79 Å². The predicted molar refractivity (Wildman–Crippen MR) is 82.5 cm³/mol. The first-order chi connectivity index (χ1) is 10.7. The highest BCUT2D eigenvalue weighted by Gasteiger charge is 2.38. The van der Waals surface area contributed by atoms with E-state index in [9.17, 15) is 9.59 Å². The van der Waals surface area contributed by atoms with Gasteiger partial charge >= 0.3 is 6.09 Å². The van der Waals surface area contributed by atoms with E-state index < -0.39 is 12.1 Å². The predicted octanol–water partition coefficient (Wildman–Crippen LogP) is 1.93. The lowest BCUT2D eigenvalue weighted by Crippen LogP contribution is -2.54. The number of carbonyl (C=O) groups is 2. The summed E-state index contributed by atoms with van der Waals surface area (Å²) in [5, 5.41) is 2.78. The molecule has 0 aromatic heterocycles. The molecule has 1 heterocycles. The second kappa shape index (κ2) is 8.36. The summed E-state index contributed by atoms with van der Waals surface area (Å²) in [6.07, 6.45) is 6.88.